The highest BCUT2D eigenvalue weighted by Gasteiger charge is 2.32. The van der Waals surface area contributed by atoms with Crippen LogP contribution >= 0.6 is 39.1 Å². The van der Waals surface area contributed by atoms with Gasteiger partial charge in [0.25, 0.3) is 0 Å². The normalized spacial score (nSPS) is 14.9. The Morgan fingerprint density at radius 2 is 1.89 bits per heavy atom. The van der Waals surface area contributed by atoms with Gasteiger partial charge in [-0.1, -0.05) is 51.3 Å². The smallest absolute Gasteiger partial charge is 0.379 e. The lowest BCUT2D eigenvalue weighted by molar-refractivity contribution is 0.0702. The molecule has 0 saturated heterocycles. The van der Waals surface area contributed by atoms with Crippen LogP contribution in [0.1, 0.15) is 33.2 Å². The topological polar surface area (TPSA) is 98.5 Å². The van der Waals surface area contributed by atoms with E-state index in [-0.39, 0.29) is 23.0 Å². The van der Waals surface area contributed by atoms with Crippen molar-refractivity contribution in [2.45, 2.75) is 12.8 Å². The van der Waals surface area contributed by atoms with Gasteiger partial charge in [0.2, 0.25) is 11.6 Å². The fraction of sp³-hybridized carbons (Fsp3) is 0.0769. The van der Waals surface area contributed by atoms with Crippen LogP contribution in [0.3, 0.4) is 0 Å². The summed E-state index contributed by atoms with van der Waals surface area (Å²) >= 11 is 15.9. The van der Waals surface area contributed by atoms with Crippen LogP contribution in [0, 0.1) is 18.3 Å². The quantitative estimate of drug-likeness (QED) is 0.206. The number of esters is 1. The molecule has 3 aromatic carbocycles. The van der Waals surface area contributed by atoms with Crippen molar-refractivity contribution >= 4 is 56.1 Å². The predicted octanol–water partition coefficient (Wildman–Crippen LogP) is 7.25. The molecule has 1 aliphatic rings. The first-order chi connectivity index (χ1) is 16.8. The van der Waals surface area contributed by atoms with E-state index in [1.807, 2.05) is 12.1 Å². The van der Waals surface area contributed by atoms with Gasteiger partial charge in [-0.2, -0.15) is 5.26 Å². The van der Waals surface area contributed by atoms with Crippen molar-refractivity contribution in [3.63, 3.8) is 0 Å². The first kappa shape index (κ1) is 23.3. The third-order valence-electron chi connectivity index (χ3n) is 5.76. The number of furan rings is 1. The summed E-state index contributed by atoms with van der Waals surface area (Å²) in [6.45, 7) is 1.79. The fourth-order valence-corrected chi connectivity index (χ4v) is 4.96. The van der Waals surface area contributed by atoms with Crippen LogP contribution in [0.25, 0.3) is 11.0 Å². The molecule has 174 valence electrons. The molecule has 0 saturated carbocycles. The Balaban J connectivity index is 1.51. The monoisotopic (exact) mass is 568 g/mol. The average molecular weight is 570 g/mol. The van der Waals surface area contributed by atoms with Gasteiger partial charge in [0.05, 0.1) is 5.92 Å². The molecule has 1 atom stereocenters. The van der Waals surface area contributed by atoms with E-state index in [0.717, 1.165) is 9.86 Å². The molecule has 35 heavy (non-hydrogen) atoms. The number of fused-ring (bicyclic) bond motifs is 2. The van der Waals surface area contributed by atoms with E-state index in [1.54, 1.807) is 49.4 Å². The number of rotatable bonds is 3. The van der Waals surface area contributed by atoms with Crippen molar-refractivity contribution in [2.75, 3.05) is 0 Å². The Morgan fingerprint density at radius 1 is 1.11 bits per heavy atom. The minimum absolute atomic E-state index is 0.0572. The maximum Gasteiger partial charge on any atom is 0.379 e. The molecule has 0 spiro atoms. The van der Waals surface area contributed by atoms with Gasteiger partial charge in [-0.25, -0.2) is 4.79 Å². The molecule has 2 heterocycles. The highest BCUT2D eigenvalue weighted by Crippen LogP contribution is 2.45. The van der Waals surface area contributed by atoms with E-state index < -0.39 is 11.9 Å². The second-order valence-electron chi connectivity index (χ2n) is 7.88. The number of allylic oxidation sites excluding steroid dienone is 1. The number of ether oxygens (including phenoxy) is 2. The van der Waals surface area contributed by atoms with Crippen molar-refractivity contribution in [3.8, 4) is 17.6 Å². The third kappa shape index (κ3) is 4.14. The number of nitrogens with two attached hydrogens (primary N) is 1. The number of hydrogen-bond acceptors (Lipinski definition) is 6. The number of nitriles is 1. The van der Waals surface area contributed by atoms with Crippen LogP contribution in [0.15, 0.2) is 74.9 Å². The lowest BCUT2D eigenvalue weighted by Crippen LogP contribution is -2.21. The predicted molar refractivity (Wildman–Crippen MR) is 136 cm³/mol. The van der Waals surface area contributed by atoms with E-state index in [0.29, 0.717) is 38.1 Å². The number of halogens is 3. The molecule has 1 aliphatic heterocycles. The molecule has 1 aromatic heterocycles. The molecule has 0 amide bonds. The maximum atomic E-state index is 12.9. The minimum atomic E-state index is -0.649. The molecule has 1 unspecified atom stereocenters. The number of carbonyl (C=O) groups is 1. The molecule has 6 nitrogen and oxygen atoms in total. The zero-order chi connectivity index (χ0) is 24.9. The Bertz CT molecular complexity index is 1600. The molecule has 4 aromatic rings. The zero-order valence-corrected chi connectivity index (χ0v) is 21.2. The van der Waals surface area contributed by atoms with E-state index in [4.69, 9.17) is 42.8 Å². The van der Waals surface area contributed by atoms with Gasteiger partial charge in [0, 0.05) is 37.1 Å². The Hall–Kier alpha value is -3.44. The summed E-state index contributed by atoms with van der Waals surface area (Å²) < 4.78 is 17.9. The van der Waals surface area contributed by atoms with E-state index >= 15 is 0 Å². The van der Waals surface area contributed by atoms with Gasteiger partial charge < -0.3 is 19.6 Å². The SMILES string of the molecule is Cc1c(C(=O)Oc2ccc3c(c2)OC(N)=C(C#N)C3c2ccc(Cl)cc2Cl)oc2cc(Br)ccc12. The van der Waals surface area contributed by atoms with E-state index in [2.05, 4.69) is 22.0 Å². The number of hydrogen-bond donors (Lipinski definition) is 1. The van der Waals surface area contributed by atoms with Gasteiger partial charge >= 0.3 is 5.97 Å². The Kier molecular flexibility index (Phi) is 5.97. The highest BCUT2D eigenvalue weighted by molar-refractivity contribution is 9.10. The maximum absolute atomic E-state index is 12.9. The summed E-state index contributed by atoms with van der Waals surface area (Å²) in [6, 6.07) is 17.5. The van der Waals surface area contributed by atoms with Gasteiger partial charge in [-0.3, -0.25) is 0 Å². The molecule has 5 rings (SSSR count). The third-order valence-corrected chi connectivity index (χ3v) is 6.82. The second kappa shape index (κ2) is 8.97. The summed E-state index contributed by atoms with van der Waals surface area (Å²) in [7, 11) is 0. The first-order valence-corrected chi connectivity index (χ1v) is 11.9. The van der Waals surface area contributed by atoms with Gasteiger partial charge in [-0.15, -0.1) is 0 Å². The summed E-state index contributed by atoms with van der Waals surface area (Å²) in [5.74, 6) is -0.609. The van der Waals surface area contributed by atoms with Crippen molar-refractivity contribution in [2.24, 2.45) is 5.73 Å². The highest BCUT2D eigenvalue weighted by atomic mass is 79.9. The molecule has 0 radical (unpaired) electrons. The molecule has 9 heteroatoms. The summed E-state index contributed by atoms with van der Waals surface area (Å²) in [5.41, 5.74) is 8.82. The van der Waals surface area contributed by atoms with Gasteiger partial charge in [-0.05, 0) is 48.9 Å². The number of aryl methyl sites for hydroxylation is 1. The van der Waals surface area contributed by atoms with Crippen molar-refractivity contribution in [1.29, 1.82) is 5.26 Å². The number of nitrogens with zero attached hydrogens (tertiary/aromatic N) is 1. The lowest BCUT2D eigenvalue weighted by atomic mass is 9.83. The largest absolute Gasteiger partial charge is 0.449 e. The van der Waals surface area contributed by atoms with Crippen molar-refractivity contribution in [1.82, 2.24) is 0 Å². The fourth-order valence-electron chi connectivity index (χ4n) is 4.10. The number of benzene rings is 3. The summed E-state index contributed by atoms with van der Waals surface area (Å²) in [6.07, 6.45) is 0. The zero-order valence-electron chi connectivity index (χ0n) is 18.1. The van der Waals surface area contributed by atoms with Crippen LogP contribution in [0.4, 0.5) is 0 Å². The Labute approximate surface area is 218 Å². The van der Waals surface area contributed by atoms with Crippen LogP contribution in [-0.4, -0.2) is 5.97 Å². The molecular weight excluding hydrogens is 555 g/mol. The molecular formula is C26H15BrCl2N2O4. The van der Waals surface area contributed by atoms with E-state index in [9.17, 15) is 10.1 Å². The standard InChI is InChI=1S/C26H15BrCl2N2O4/c1-12-16-5-2-13(27)8-21(16)34-24(12)26(32)33-15-4-7-18-22(10-15)35-25(31)19(11-30)23(18)17-6-3-14(28)9-20(17)29/h2-10,23H,31H2,1H3. The second-order valence-corrected chi connectivity index (χ2v) is 9.64. The van der Waals surface area contributed by atoms with Crippen LogP contribution in [-0.2, 0) is 0 Å². The Morgan fingerprint density at radius 3 is 2.63 bits per heavy atom. The lowest BCUT2D eigenvalue weighted by Gasteiger charge is -2.27. The summed E-state index contributed by atoms with van der Waals surface area (Å²) in [5, 5.41) is 11.4. The van der Waals surface area contributed by atoms with Gasteiger partial charge in [0.1, 0.15) is 28.7 Å². The van der Waals surface area contributed by atoms with Crippen LogP contribution in [0.5, 0.6) is 11.5 Å². The molecule has 0 bridgehead atoms. The van der Waals surface area contributed by atoms with Crippen LogP contribution < -0.4 is 15.2 Å². The molecule has 2 N–H and O–H groups in total. The summed E-state index contributed by atoms with van der Waals surface area (Å²) in [4.78, 5) is 12.9. The average Bonchev–Trinajstić information content (AvgIpc) is 3.14. The van der Waals surface area contributed by atoms with Gasteiger partial charge in [0.15, 0.2) is 0 Å². The molecule has 0 fully saturated rings. The van der Waals surface area contributed by atoms with Crippen molar-refractivity contribution in [3.05, 3.63) is 103 Å². The minimum Gasteiger partial charge on any atom is -0.449 e. The van der Waals surface area contributed by atoms with Crippen molar-refractivity contribution < 1.29 is 18.7 Å². The van der Waals surface area contributed by atoms with E-state index in [1.165, 1.54) is 0 Å². The first-order valence-electron chi connectivity index (χ1n) is 10.3. The molecule has 0 aliphatic carbocycles. The number of carbonyl (C=O) groups excluding carboxylic acids is 1. The van der Waals surface area contributed by atoms with Crippen LogP contribution in [0.2, 0.25) is 10.0 Å².